The molecule has 2 aromatic carbocycles. The van der Waals surface area contributed by atoms with Gasteiger partial charge in [0.05, 0.1) is 11.5 Å². The van der Waals surface area contributed by atoms with Crippen molar-refractivity contribution in [1.82, 2.24) is 9.62 Å². The molecular weight excluding hydrogens is 425 g/mol. The molecule has 8 nitrogen and oxygen atoms in total. The van der Waals surface area contributed by atoms with Gasteiger partial charge in [-0.1, -0.05) is 0 Å². The molecule has 168 valence electrons. The van der Waals surface area contributed by atoms with Crippen LogP contribution in [0.5, 0.6) is 5.75 Å². The minimum atomic E-state index is -3.59. The molecule has 3 rings (SSSR count). The number of fused-ring (bicyclic) bond motifs is 1. The molecule has 31 heavy (non-hydrogen) atoms. The van der Waals surface area contributed by atoms with Gasteiger partial charge in [0.2, 0.25) is 10.0 Å². The second kappa shape index (κ2) is 9.63. The molecule has 2 aromatic rings. The minimum absolute atomic E-state index is 0.109. The van der Waals surface area contributed by atoms with Gasteiger partial charge in [0.25, 0.3) is 0 Å². The lowest BCUT2D eigenvalue weighted by molar-refractivity contribution is -0.0172. The number of halogens is 1. The zero-order valence-corrected chi connectivity index (χ0v) is 18.5. The van der Waals surface area contributed by atoms with Crippen molar-refractivity contribution in [3.05, 3.63) is 53.3 Å². The lowest BCUT2D eigenvalue weighted by Crippen LogP contribution is -2.33. The maximum Gasteiger partial charge on any atom is 0.319 e. The molecule has 0 aromatic heterocycles. The van der Waals surface area contributed by atoms with E-state index < -0.39 is 16.1 Å². The van der Waals surface area contributed by atoms with E-state index in [-0.39, 0.29) is 36.7 Å². The van der Waals surface area contributed by atoms with Gasteiger partial charge >= 0.3 is 6.03 Å². The van der Waals surface area contributed by atoms with Crippen molar-refractivity contribution in [2.24, 2.45) is 0 Å². The second-order valence-electron chi connectivity index (χ2n) is 7.43. The van der Waals surface area contributed by atoms with Crippen LogP contribution in [0.1, 0.15) is 25.0 Å². The SMILES string of the molecule is CC(C)N(C)S(=O)(=O)c1ccc(NC(=O)NCCc2cc(F)cc3c2OCOC3)cc1. The molecule has 1 aliphatic heterocycles. The summed E-state index contributed by atoms with van der Waals surface area (Å²) in [7, 11) is -2.06. The molecule has 0 unspecified atom stereocenters. The first kappa shape index (κ1) is 23.0. The number of ether oxygens (including phenoxy) is 2. The van der Waals surface area contributed by atoms with Crippen LogP contribution >= 0.6 is 0 Å². The molecule has 0 saturated carbocycles. The fourth-order valence-electron chi connectivity index (χ4n) is 3.08. The van der Waals surface area contributed by atoms with Crippen molar-refractivity contribution < 1.29 is 27.1 Å². The number of hydrogen-bond acceptors (Lipinski definition) is 5. The normalized spacial score (nSPS) is 13.6. The summed E-state index contributed by atoms with van der Waals surface area (Å²) in [5.41, 5.74) is 1.75. The Labute approximate surface area is 181 Å². The summed E-state index contributed by atoms with van der Waals surface area (Å²) in [4.78, 5) is 12.3. The average Bonchev–Trinajstić information content (AvgIpc) is 2.73. The van der Waals surface area contributed by atoms with Crippen LogP contribution in [-0.4, -0.2) is 45.2 Å². The summed E-state index contributed by atoms with van der Waals surface area (Å²) in [5, 5.41) is 5.35. The number of carbonyl (C=O) groups is 1. The molecule has 2 amide bonds. The summed E-state index contributed by atoms with van der Waals surface area (Å²) >= 11 is 0. The van der Waals surface area contributed by atoms with Gasteiger partial charge in [0.1, 0.15) is 11.6 Å². The van der Waals surface area contributed by atoms with Crippen LogP contribution in [0.25, 0.3) is 0 Å². The van der Waals surface area contributed by atoms with Crippen molar-refractivity contribution >= 4 is 21.7 Å². The van der Waals surface area contributed by atoms with Crippen molar-refractivity contribution in [3.8, 4) is 5.75 Å². The number of hydrogen-bond donors (Lipinski definition) is 2. The highest BCUT2D eigenvalue weighted by Crippen LogP contribution is 2.29. The smallest absolute Gasteiger partial charge is 0.319 e. The van der Waals surface area contributed by atoms with Crippen LogP contribution in [-0.2, 0) is 27.8 Å². The predicted molar refractivity (Wildman–Crippen MR) is 114 cm³/mol. The Balaban J connectivity index is 1.56. The Morgan fingerprint density at radius 3 is 2.61 bits per heavy atom. The van der Waals surface area contributed by atoms with Crippen molar-refractivity contribution in [2.75, 3.05) is 25.7 Å². The molecule has 1 heterocycles. The molecule has 1 aliphatic rings. The molecular formula is C21H26FN3O5S. The number of amides is 2. The Bertz CT molecular complexity index is 1040. The highest BCUT2D eigenvalue weighted by Gasteiger charge is 2.23. The van der Waals surface area contributed by atoms with Crippen LogP contribution in [0.2, 0.25) is 0 Å². The van der Waals surface area contributed by atoms with Gasteiger partial charge in [0.15, 0.2) is 6.79 Å². The van der Waals surface area contributed by atoms with E-state index in [1.807, 2.05) is 0 Å². The summed E-state index contributed by atoms with van der Waals surface area (Å²) in [6.45, 7) is 4.23. The van der Waals surface area contributed by atoms with Crippen LogP contribution in [0.15, 0.2) is 41.3 Å². The van der Waals surface area contributed by atoms with E-state index in [0.29, 0.717) is 29.0 Å². The third-order valence-corrected chi connectivity index (χ3v) is 7.00. The third-order valence-electron chi connectivity index (χ3n) is 4.95. The monoisotopic (exact) mass is 451 g/mol. The molecule has 2 N–H and O–H groups in total. The van der Waals surface area contributed by atoms with Crippen LogP contribution in [0.3, 0.4) is 0 Å². The Hall–Kier alpha value is -2.69. The summed E-state index contributed by atoms with van der Waals surface area (Å²) in [6.07, 6.45) is 0.381. The van der Waals surface area contributed by atoms with Gasteiger partial charge in [-0.25, -0.2) is 17.6 Å². The van der Waals surface area contributed by atoms with E-state index in [1.54, 1.807) is 13.8 Å². The second-order valence-corrected chi connectivity index (χ2v) is 9.43. The number of nitrogens with zero attached hydrogens (tertiary/aromatic N) is 1. The number of sulfonamides is 1. The van der Waals surface area contributed by atoms with E-state index in [4.69, 9.17) is 9.47 Å². The molecule has 0 radical (unpaired) electrons. The number of anilines is 1. The molecule has 0 atom stereocenters. The summed E-state index contributed by atoms with van der Waals surface area (Å²) < 4.78 is 50.7. The average molecular weight is 452 g/mol. The van der Waals surface area contributed by atoms with E-state index in [2.05, 4.69) is 10.6 Å². The maximum absolute atomic E-state index is 13.8. The van der Waals surface area contributed by atoms with E-state index in [9.17, 15) is 17.6 Å². The van der Waals surface area contributed by atoms with Crippen LogP contribution in [0.4, 0.5) is 14.9 Å². The van der Waals surface area contributed by atoms with Crippen molar-refractivity contribution in [1.29, 1.82) is 0 Å². The van der Waals surface area contributed by atoms with Gasteiger partial charge in [-0.15, -0.1) is 0 Å². The number of carbonyl (C=O) groups excluding carboxylic acids is 1. The first-order valence-corrected chi connectivity index (χ1v) is 11.3. The molecule has 0 fully saturated rings. The Kier molecular flexibility index (Phi) is 7.14. The van der Waals surface area contributed by atoms with E-state index in [1.165, 1.54) is 47.8 Å². The Morgan fingerprint density at radius 1 is 1.23 bits per heavy atom. The third kappa shape index (κ3) is 5.52. The molecule has 10 heteroatoms. The van der Waals surface area contributed by atoms with Gasteiger partial charge in [0, 0.05) is 30.9 Å². The largest absolute Gasteiger partial charge is 0.467 e. The topological polar surface area (TPSA) is 97.0 Å². The summed E-state index contributed by atoms with van der Waals surface area (Å²) in [5.74, 6) is 0.212. The van der Waals surface area contributed by atoms with Crippen LogP contribution < -0.4 is 15.4 Å². The quantitative estimate of drug-likeness (QED) is 0.674. The highest BCUT2D eigenvalue weighted by atomic mass is 32.2. The van der Waals surface area contributed by atoms with Gasteiger partial charge in [-0.05, 0) is 62.2 Å². The first-order chi connectivity index (χ1) is 14.7. The standard InChI is InChI=1S/C21H26FN3O5S/c1-14(2)25(3)31(27,28)19-6-4-18(5-7-19)24-21(26)23-9-8-15-10-17(22)11-16-12-29-13-30-20(15)16/h4-7,10-11,14H,8-9,12-13H2,1-3H3,(H2,23,24,26). The first-order valence-electron chi connectivity index (χ1n) is 9.83. The van der Waals surface area contributed by atoms with Gasteiger partial charge < -0.3 is 20.1 Å². The zero-order chi connectivity index (χ0) is 22.6. The molecule has 0 spiro atoms. The number of rotatable bonds is 7. The molecule has 0 saturated heterocycles. The highest BCUT2D eigenvalue weighted by molar-refractivity contribution is 7.89. The lowest BCUT2D eigenvalue weighted by Gasteiger charge is -2.21. The number of benzene rings is 2. The number of nitrogens with one attached hydrogen (secondary N) is 2. The van der Waals surface area contributed by atoms with E-state index in [0.717, 1.165) is 0 Å². The zero-order valence-electron chi connectivity index (χ0n) is 17.6. The minimum Gasteiger partial charge on any atom is -0.467 e. The predicted octanol–water partition coefficient (Wildman–Crippen LogP) is 3.09. The fraction of sp³-hybridized carbons (Fsp3) is 0.381. The van der Waals surface area contributed by atoms with Crippen LogP contribution in [0, 0.1) is 5.82 Å². The molecule has 0 bridgehead atoms. The van der Waals surface area contributed by atoms with E-state index >= 15 is 0 Å². The summed E-state index contributed by atoms with van der Waals surface area (Å²) in [6, 6.07) is 8.08. The van der Waals surface area contributed by atoms with Gasteiger partial charge in [-0.2, -0.15) is 4.31 Å². The van der Waals surface area contributed by atoms with Crippen molar-refractivity contribution in [3.63, 3.8) is 0 Å². The lowest BCUT2D eigenvalue weighted by atomic mass is 10.1. The number of urea groups is 1. The molecule has 0 aliphatic carbocycles. The maximum atomic E-state index is 13.8. The van der Waals surface area contributed by atoms with Gasteiger partial charge in [-0.3, -0.25) is 0 Å². The van der Waals surface area contributed by atoms with Crippen molar-refractivity contribution in [2.45, 2.75) is 37.8 Å². The fourth-order valence-corrected chi connectivity index (χ4v) is 4.45. The Morgan fingerprint density at radius 2 is 1.94 bits per heavy atom.